The molecule has 0 spiro atoms. The fourth-order valence-corrected chi connectivity index (χ4v) is 6.81. The summed E-state index contributed by atoms with van der Waals surface area (Å²) in [7, 11) is -1.65. The smallest absolute Gasteiger partial charge is 0.252 e. The molecule has 3 rings (SSSR count). The summed E-state index contributed by atoms with van der Waals surface area (Å²) in [6.07, 6.45) is 6.38. The van der Waals surface area contributed by atoms with Gasteiger partial charge in [0.15, 0.2) is 5.96 Å². The minimum absolute atomic E-state index is 0. The Kier molecular flexibility index (Phi) is 9.65. The Morgan fingerprint density at radius 2 is 1.93 bits per heavy atom. The Morgan fingerprint density at radius 1 is 1.24 bits per heavy atom. The van der Waals surface area contributed by atoms with Gasteiger partial charge < -0.3 is 15.4 Å². The van der Waals surface area contributed by atoms with Gasteiger partial charge in [-0.3, -0.25) is 4.99 Å². The topological polar surface area (TPSA) is 83.0 Å². The summed E-state index contributed by atoms with van der Waals surface area (Å²) < 4.78 is 32.6. The molecule has 1 saturated heterocycles. The molecule has 0 aromatic carbocycles. The largest absolute Gasteiger partial charge is 0.379 e. The maximum absolute atomic E-state index is 12.7. The van der Waals surface area contributed by atoms with Crippen LogP contribution in [0.4, 0.5) is 0 Å². The number of nitrogens with one attached hydrogen (secondary N) is 2. The first kappa shape index (κ1) is 24.8. The zero-order chi connectivity index (χ0) is 20.0. The molecule has 10 heteroatoms. The number of hydrogen-bond donors (Lipinski definition) is 2. The number of thiophene rings is 1. The summed E-state index contributed by atoms with van der Waals surface area (Å²) in [6, 6.07) is 3.58. The van der Waals surface area contributed by atoms with Crippen LogP contribution in [-0.2, 0) is 21.3 Å². The Balaban J connectivity index is 0.00000300. The molecule has 0 atom stereocenters. The van der Waals surface area contributed by atoms with Crippen LogP contribution in [-0.4, -0.2) is 58.6 Å². The molecule has 2 fully saturated rings. The van der Waals surface area contributed by atoms with Crippen molar-refractivity contribution in [2.45, 2.75) is 49.8 Å². The number of nitrogens with zero attached hydrogens (tertiary/aromatic N) is 2. The van der Waals surface area contributed by atoms with Gasteiger partial charge in [0.1, 0.15) is 4.21 Å². The molecule has 2 heterocycles. The molecular formula is C19H33IN4O3S2. The molecule has 7 nitrogen and oxygen atoms in total. The molecule has 0 amide bonds. The maximum atomic E-state index is 12.7. The summed E-state index contributed by atoms with van der Waals surface area (Å²) in [4.78, 5) is 5.29. The van der Waals surface area contributed by atoms with Crippen LogP contribution in [0.25, 0.3) is 0 Å². The second-order valence-electron chi connectivity index (χ2n) is 7.58. The second-order valence-corrected chi connectivity index (χ2v) is 10.9. The quantitative estimate of drug-likeness (QED) is 0.307. The summed E-state index contributed by atoms with van der Waals surface area (Å²) >= 11 is 1.32. The fraction of sp³-hybridized carbons (Fsp3) is 0.737. The molecule has 2 N–H and O–H groups in total. The van der Waals surface area contributed by atoms with Crippen LogP contribution in [0.2, 0.25) is 0 Å². The first-order valence-corrected chi connectivity index (χ1v) is 12.4. The third-order valence-corrected chi connectivity index (χ3v) is 9.35. The third kappa shape index (κ3) is 6.28. The number of morpholine rings is 1. The normalized spacial score (nSPS) is 20.3. The van der Waals surface area contributed by atoms with Gasteiger partial charge in [-0.05, 0) is 36.8 Å². The van der Waals surface area contributed by atoms with Crippen molar-refractivity contribution in [1.29, 1.82) is 0 Å². The van der Waals surface area contributed by atoms with Gasteiger partial charge in [0.25, 0.3) is 10.0 Å². The highest BCUT2D eigenvalue weighted by atomic mass is 127. The zero-order valence-corrected chi connectivity index (χ0v) is 21.2. The standard InChI is InChI=1S/C19H32N4O3S2.HI/c1-3-19(8-4-5-9-19)15-22-18(20-2)21-14-16-6-7-17(27-16)28(24,25)23-10-12-26-13-11-23;/h6-7H,3-5,8-15H2,1-2H3,(H2,20,21,22);1H. The van der Waals surface area contributed by atoms with E-state index >= 15 is 0 Å². The van der Waals surface area contributed by atoms with Crippen LogP contribution in [0.1, 0.15) is 43.9 Å². The van der Waals surface area contributed by atoms with Crippen LogP contribution >= 0.6 is 35.3 Å². The molecule has 0 radical (unpaired) electrons. The van der Waals surface area contributed by atoms with Crippen molar-refractivity contribution < 1.29 is 13.2 Å². The molecule has 1 aromatic rings. The van der Waals surface area contributed by atoms with Crippen molar-refractivity contribution in [1.82, 2.24) is 14.9 Å². The number of ether oxygens (including phenoxy) is 1. The number of guanidine groups is 1. The van der Waals surface area contributed by atoms with Crippen LogP contribution in [0, 0.1) is 5.41 Å². The molecule has 1 aromatic heterocycles. The highest BCUT2D eigenvalue weighted by Gasteiger charge is 2.32. The van der Waals surface area contributed by atoms with Crippen molar-refractivity contribution in [3.05, 3.63) is 17.0 Å². The second kappa shape index (κ2) is 11.3. The van der Waals surface area contributed by atoms with E-state index in [1.165, 1.54) is 47.7 Å². The van der Waals surface area contributed by atoms with E-state index in [-0.39, 0.29) is 24.0 Å². The molecule has 29 heavy (non-hydrogen) atoms. The first-order valence-electron chi connectivity index (χ1n) is 10.1. The molecule has 1 aliphatic carbocycles. The number of halogens is 1. The van der Waals surface area contributed by atoms with Crippen molar-refractivity contribution >= 4 is 51.3 Å². The van der Waals surface area contributed by atoms with Gasteiger partial charge in [-0.15, -0.1) is 35.3 Å². The van der Waals surface area contributed by atoms with Gasteiger partial charge in [-0.1, -0.05) is 19.8 Å². The zero-order valence-electron chi connectivity index (χ0n) is 17.3. The van der Waals surface area contributed by atoms with Gasteiger partial charge in [0.2, 0.25) is 0 Å². The number of sulfonamides is 1. The lowest BCUT2D eigenvalue weighted by atomic mass is 9.83. The predicted octanol–water partition coefficient (Wildman–Crippen LogP) is 3.02. The SMILES string of the molecule is CCC1(CNC(=NC)NCc2ccc(S(=O)(=O)N3CCOCC3)s2)CCCC1.I. The van der Waals surface area contributed by atoms with E-state index in [4.69, 9.17) is 4.74 Å². The highest BCUT2D eigenvalue weighted by molar-refractivity contribution is 14.0. The molecular weight excluding hydrogens is 523 g/mol. The third-order valence-electron chi connectivity index (χ3n) is 5.90. The molecule has 0 unspecified atom stereocenters. The predicted molar refractivity (Wildman–Crippen MR) is 129 cm³/mol. The summed E-state index contributed by atoms with van der Waals surface area (Å²) in [5.41, 5.74) is 0.389. The minimum atomic E-state index is -3.42. The van der Waals surface area contributed by atoms with Gasteiger partial charge >= 0.3 is 0 Å². The van der Waals surface area contributed by atoms with E-state index in [0.717, 1.165) is 17.4 Å². The number of aliphatic imine (C=N–C) groups is 1. The fourth-order valence-electron chi connectivity index (χ4n) is 3.95. The monoisotopic (exact) mass is 556 g/mol. The summed E-state index contributed by atoms with van der Waals surface area (Å²) in [5, 5.41) is 6.78. The molecule has 166 valence electrons. The highest BCUT2D eigenvalue weighted by Crippen LogP contribution is 2.40. The van der Waals surface area contributed by atoms with Crippen molar-refractivity contribution in [3.63, 3.8) is 0 Å². The van der Waals surface area contributed by atoms with E-state index in [9.17, 15) is 8.42 Å². The van der Waals surface area contributed by atoms with Crippen LogP contribution < -0.4 is 10.6 Å². The average molecular weight is 557 g/mol. The molecule has 2 aliphatic rings. The van der Waals surface area contributed by atoms with Crippen molar-refractivity contribution in [2.24, 2.45) is 10.4 Å². The molecule has 1 aliphatic heterocycles. The van der Waals surface area contributed by atoms with Gasteiger partial charge in [0.05, 0.1) is 19.8 Å². The molecule has 0 bridgehead atoms. The van der Waals surface area contributed by atoms with Crippen molar-refractivity contribution in [2.75, 3.05) is 39.9 Å². The van der Waals surface area contributed by atoms with E-state index in [0.29, 0.717) is 42.5 Å². The Morgan fingerprint density at radius 3 is 2.55 bits per heavy atom. The van der Waals surface area contributed by atoms with Crippen LogP contribution in [0.3, 0.4) is 0 Å². The van der Waals surface area contributed by atoms with Gasteiger partial charge in [-0.25, -0.2) is 8.42 Å². The van der Waals surface area contributed by atoms with Crippen LogP contribution in [0.15, 0.2) is 21.3 Å². The Bertz CT molecular complexity index is 770. The summed E-state index contributed by atoms with van der Waals surface area (Å²) in [6.45, 7) is 5.52. The van der Waals surface area contributed by atoms with E-state index in [1.807, 2.05) is 6.07 Å². The van der Waals surface area contributed by atoms with E-state index in [1.54, 1.807) is 13.1 Å². The van der Waals surface area contributed by atoms with Crippen molar-refractivity contribution in [3.8, 4) is 0 Å². The minimum Gasteiger partial charge on any atom is -0.379 e. The van der Waals surface area contributed by atoms with Gasteiger partial charge in [0, 0.05) is 31.6 Å². The molecule has 1 saturated carbocycles. The Hall–Kier alpha value is -0.430. The van der Waals surface area contributed by atoms with E-state index in [2.05, 4.69) is 22.5 Å². The number of hydrogen-bond acceptors (Lipinski definition) is 5. The van der Waals surface area contributed by atoms with Crippen LogP contribution in [0.5, 0.6) is 0 Å². The summed E-state index contributed by atoms with van der Waals surface area (Å²) in [5.74, 6) is 0.769. The average Bonchev–Trinajstić information content (AvgIpc) is 3.39. The lowest BCUT2D eigenvalue weighted by Gasteiger charge is -2.28. The lowest BCUT2D eigenvalue weighted by Crippen LogP contribution is -2.42. The lowest BCUT2D eigenvalue weighted by molar-refractivity contribution is 0.0731. The van der Waals surface area contributed by atoms with E-state index < -0.39 is 10.0 Å². The van der Waals surface area contributed by atoms with Gasteiger partial charge in [-0.2, -0.15) is 4.31 Å². The first-order chi connectivity index (χ1) is 13.5. The maximum Gasteiger partial charge on any atom is 0.252 e. The Labute approximate surface area is 195 Å². The number of rotatable bonds is 7.